The van der Waals surface area contributed by atoms with Crippen molar-refractivity contribution in [2.45, 2.75) is 27.2 Å². The molecule has 1 aromatic rings. The van der Waals surface area contributed by atoms with Gasteiger partial charge in [-0.1, -0.05) is 20.8 Å². The number of hydrogen-bond donors (Lipinski definition) is 2. The molecule has 0 saturated heterocycles. The Hall–Kier alpha value is -1.85. The minimum absolute atomic E-state index is 0.0508. The normalized spacial score (nSPS) is 10.4. The lowest BCUT2D eigenvalue weighted by atomic mass is 10.2. The summed E-state index contributed by atoms with van der Waals surface area (Å²) < 4.78 is 0. The second-order valence-corrected chi connectivity index (χ2v) is 4.55. The third kappa shape index (κ3) is 4.57. The molecule has 0 unspecified atom stereocenters. The van der Waals surface area contributed by atoms with Gasteiger partial charge in [-0.3, -0.25) is 10.1 Å². The molecular weight excluding hydrogens is 232 g/mol. The van der Waals surface area contributed by atoms with Gasteiger partial charge in [0.15, 0.2) is 0 Å². The zero-order chi connectivity index (χ0) is 13.5. The molecule has 6 heteroatoms. The summed E-state index contributed by atoms with van der Waals surface area (Å²) in [7, 11) is 0. The number of nitrogens with zero attached hydrogens (tertiary/aromatic N) is 2. The third-order valence-corrected chi connectivity index (χ3v) is 2.27. The molecule has 0 aliphatic carbocycles. The minimum atomic E-state index is -0.403. The van der Waals surface area contributed by atoms with E-state index in [9.17, 15) is 10.1 Å². The molecule has 0 atom stereocenters. The van der Waals surface area contributed by atoms with Gasteiger partial charge in [-0.15, -0.1) is 0 Å². The van der Waals surface area contributed by atoms with Gasteiger partial charge >= 0.3 is 0 Å². The minimum Gasteiger partial charge on any atom is -0.370 e. The summed E-state index contributed by atoms with van der Waals surface area (Å²) in [6.07, 6.45) is 0.944. The number of hydrogen-bond acceptors (Lipinski definition) is 5. The maximum absolute atomic E-state index is 10.8. The van der Waals surface area contributed by atoms with Crippen LogP contribution in [0, 0.1) is 16.0 Å². The zero-order valence-corrected chi connectivity index (χ0v) is 11.1. The van der Waals surface area contributed by atoms with Gasteiger partial charge in [0.2, 0.25) is 0 Å². The van der Waals surface area contributed by atoms with E-state index in [4.69, 9.17) is 0 Å². The second kappa shape index (κ2) is 6.78. The number of nitrogens with one attached hydrogen (secondary N) is 2. The number of anilines is 2. The number of aromatic nitrogens is 1. The zero-order valence-electron chi connectivity index (χ0n) is 11.1. The molecule has 0 bridgehead atoms. The molecule has 0 spiro atoms. The first kappa shape index (κ1) is 14.2. The molecule has 0 aromatic carbocycles. The van der Waals surface area contributed by atoms with Crippen LogP contribution in [-0.2, 0) is 0 Å². The molecule has 0 amide bonds. The summed E-state index contributed by atoms with van der Waals surface area (Å²) in [4.78, 5) is 14.7. The molecule has 1 aromatic heterocycles. The summed E-state index contributed by atoms with van der Waals surface area (Å²) in [5.41, 5.74) is 0.0508. The van der Waals surface area contributed by atoms with Crippen LogP contribution in [0.15, 0.2) is 12.1 Å². The van der Waals surface area contributed by atoms with E-state index in [0.717, 1.165) is 19.5 Å². The van der Waals surface area contributed by atoms with Gasteiger partial charge in [-0.05, 0) is 12.3 Å². The van der Waals surface area contributed by atoms with Crippen molar-refractivity contribution in [1.29, 1.82) is 0 Å². The van der Waals surface area contributed by atoms with E-state index >= 15 is 0 Å². The van der Waals surface area contributed by atoms with Gasteiger partial charge in [0.05, 0.1) is 17.1 Å². The quantitative estimate of drug-likeness (QED) is 0.576. The molecule has 1 rings (SSSR count). The Bertz CT molecular complexity index is 407. The molecule has 0 saturated carbocycles. The maximum atomic E-state index is 10.8. The van der Waals surface area contributed by atoms with Crippen LogP contribution in [0.25, 0.3) is 0 Å². The molecule has 2 N–H and O–H groups in total. The Morgan fingerprint density at radius 1 is 1.33 bits per heavy atom. The van der Waals surface area contributed by atoms with Crippen LogP contribution < -0.4 is 10.6 Å². The van der Waals surface area contributed by atoms with Crippen LogP contribution in [0.3, 0.4) is 0 Å². The lowest BCUT2D eigenvalue weighted by Crippen LogP contribution is -2.11. The summed E-state index contributed by atoms with van der Waals surface area (Å²) >= 11 is 0. The smallest absolute Gasteiger partial charge is 0.276 e. The van der Waals surface area contributed by atoms with Crippen molar-refractivity contribution < 1.29 is 4.92 Å². The van der Waals surface area contributed by atoms with Crippen molar-refractivity contribution in [1.82, 2.24) is 4.98 Å². The van der Waals surface area contributed by atoms with Crippen LogP contribution in [-0.4, -0.2) is 23.0 Å². The number of pyridine rings is 1. The standard InChI is InChI=1S/C12H20N4O2/c1-4-5-13-11-6-10(16(17)18)7-12(15-11)14-8-9(2)3/h6-7,9H,4-5,8H2,1-3H3,(H2,13,14,15). The van der Waals surface area contributed by atoms with E-state index in [2.05, 4.69) is 29.5 Å². The number of rotatable bonds is 7. The van der Waals surface area contributed by atoms with Gasteiger partial charge in [-0.25, -0.2) is 4.98 Å². The first-order valence-corrected chi connectivity index (χ1v) is 6.17. The van der Waals surface area contributed by atoms with E-state index in [1.165, 1.54) is 12.1 Å². The highest BCUT2D eigenvalue weighted by molar-refractivity contribution is 5.54. The van der Waals surface area contributed by atoms with Crippen LogP contribution in [0.2, 0.25) is 0 Å². The highest BCUT2D eigenvalue weighted by Gasteiger charge is 2.11. The molecule has 18 heavy (non-hydrogen) atoms. The van der Waals surface area contributed by atoms with E-state index < -0.39 is 4.92 Å². The second-order valence-electron chi connectivity index (χ2n) is 4.55. The monoisotopic (exact) mass is 252 g/mol. The summed E-state index contributed by atoms with van der Waals surface area (Å²) in [5, 5.41) is 17.0. The van der Waals surface area contributed by atoms with Crippen molar-refractivity contribution in [2.75, 3.05) is 23.7 Å². The van der Waals surface area contributed by atoms with Crippen LogP contribution >= 0.6 is 0 Å². The van der Waals surface area contributed by atoms with E-state index in [0.29, 0.717) is 17.6 Å². The highest BCUT2D eigenvalue weighted by Crippen LogP contribution is 2.20. The van der Waals surface area contributed by atoms with Crippen molar-refractivity contribution in [3.05, 3.63) is 22.2 Å². The van der Waals surface area contributed by atoms with Crippen LogP contribution in [0.5, 0.6) is 0 Å². The summed E-state index contributed by atoms with van der Waals surface area (Å²) in [6, 6.07) is 2.91. The van der Waals surface area contributed by atoms with Crippen molar-refractivity contribution in [3.8, 4) is 0 Å². The molecule has 0 radical (unpaired) electrons. The molecular formula is C12H20N4O2. The lowest BCUT2D eigenvalue weighted by molar-refractivity contribution is -0.384. The van der Waals surface area contributed by atoms with Crippen molar-refractivity contribution >= 4 is 17.3 Å². The Morgan fingerprint density at radius 3 is 2.44 bits per heavy atom. The van der Waals surface area contributed by atoms with Crippen molar-refractivity contribution in [2.24, 2.45) is 5.92 Å². The fraction of sp³-hybridized carbons (Fsp3) is 0.583. The Labute approximate surface area is 107 Å². The van der Waals surface area contributed by atoms with Gasteiger partial charge in [0.1, 0.15) is 11.6 Å². The fourth-order valence-corrected chi connectivity index (χ4v) is 1.36. The molecule has 0 aliphatic heterocycles. The topological polar surface area (TPSA) is 80.1 Å². The van der Waals surface area contributed by atoms with E-state index in [1.807, 2.05) is 6.92 Å². The van der Waals surface area contributed by atoms with E-state index in [1.54, 1.807) is 0 Å². The van der Waals surface area contributed by atoms with Gasteiger partial charge in [0.25, 0.3) is 5.69 Å². The first-order valence-electron chi connectivity index (χ1n) is 6.17. The highest BCUT2D eigenvalue weighted by atomic mass is 16.6. The third-order valence-electron chi connectivity index (χ3n) is 2.27. The molecule has 100 valence electrons. The number of nitro groups is 1. The molecule has 6 nitrogen and oxygen atoms in total. The summed E-state index contributed by atoms with van der Waals surface area (Å²) in [5.74, 6) is 1.53. The average Bonchev–Trinajstić information content (AvgIpc) is 2.33. The van der Waals surface area contributed by atoms with Crippen LogP contribution in [0.4, 0.5) is 17.3 Å². The average molecular weight is 252 g/mol. The maximum Gasteiger partial charge on any atom is 0.276 e. The van der Waals surface area contributed by atoms with Gasteiger partial charge in [-0.2, -0.15) is 0 Å². The predicted molar refractivity (Wildman–Crippen MR) is 73.0 cm³/mol. The molecule has 1 heterocycles. The largest absolute Gasteiger partial charge is 0.370 e. The van der Waals surface area contributed by atoms with Crippen molar-refractivity contribution in [3.63, 3.8) is 0 Å². The SMILES string of the molecule is CCCNc1cc([N+](=O)[O-])cc(NCC(C)C)n1. The molecule has 0 aliphatic rings. The van der Waals surface area contributed by atoms with E-state index in [-0.39, 0.29) is 5.69 Å². The molecule has 0 fully saturated rings. The first-order chi connectivity index (χ1) is 8.52. The fourth-order valence-electron chi connectivity index (χ4n) is 1.36. The Morgan fingerprint density at radius 2 is 1.94 bits per heavy atom. The predicted octanol–water partition coefficient (Wildman–Crippen LogP) is 2.88. The Kier molecular flexibility index (Phi) is 5.35. The van der Waals surface area contributed by atoms with Gasteiger partial charge in [0, 0.05) is 13.1 Å². The Balaban J connectivity index is 2.87. The lowest BCUT2D eigenvalue weighted by Gasteiger charge is -2.10. The van der Waals surface area contributed by atoms with Crippen LogP contribution in [0.1, 0.15) is 27.2 Å². The van der Waals surface area contributed by atoms with Gasteiger partial charge < -0.3 is 10.6 Å². The summed E-state index contributed by atoms with van der Waals surface area (Å²) in [6.45, 7) is 7.66.